The van der Waals surface area contributed by atoms with Crippen molar-refractivity contribution in [2.24, 2.45) is 0 Å². The molecule has 2 aromatic carbocycles. The van der Waals surface area contributed by atoms with Gasteiger partial charge in [0.05, 0.1) is 10.9 Å². The number of hydrogen-bond donors (Lipinski definition) is 0. The van der Waals surface area contributed by atoms with Gasteiger partial charge < -0.3 is 4.74 Å². The van der Waals surface area contributed by atoms with Crippen LogP contribution in [0.1, 0.15) is 24.2 Å². The van der Waals surface area contributed by atoms with Crippen molar-refractivity contribution < 1.29 is 13.2 Å². The summed E-state index contributed by atoms with van der Waals surface area (Å²) in [5.41, 5.74) is 1.97. The molecule has 0 spiro atoms. The lowest BCUT2D eigenvalue weighted by atomic mass is 10.0. The van der Waals surface area contributed by atoms with E-state index in [4.69, 9.17) is 4.74 Å². The lowest BCUT2D eigenvalue weighted by molar-refractivity contribution is 0.0517. The summed E-state index contributed by atoms with van der Waals surface area (Å²) >= 11 is 0. The van der Waals surface area contributed by atoms with Gasteiger partial charge in [-0.1, -0.05) is 54.6 Å². The summed E-state index contributed by atoms with van der Waals surface area (Å²) < 4.78 is 33.6. The summed E-state index contributed by atoms with van der Waals surface area (Å²) in [6.45, 7) is 7.54. The molecule has 126 valence electrons. The molecule has 0 N–H and O–H groups in total. The topological polar surface area (TPSA) is 46.6 Å². The number of benzene rings is 2. The number of nitrogens with zero attached hydrogens (tertiary/aromatic N) is 1. The van der Waals surface area contributed by atoms with Crippen molar-refractivity contribution in [3.05, 3.63) is 78.4 Å². The van der Waals surface area contributed by atoms with Gasteiger partial charge in [0.25, 0.3) is 0 Å². The Morgan fingerprint density at radius 2 is 1.71 bits per heavy atom. The van der Waals surface area contributed by atoms with Crippen molar-refractivity contribution >= 4 is 10.0 Å². The highest BCUT2D eigenvalue weighted by Gasteiger charge is 2.46. The molecule has 1 fully saturated rings. The van der Waals surface area contributed by atoms with Crippen LogP contribution in [0.25, 0.3) is 0 Å². The smallest absolute Gasteiger partial charge is 0.245 e. The first-order chi connectivity index (χ1) is 11.4. The van der Waals surface area contributed by atoms with Crippen LogP contribution >= 0.6 is 0 Å². The Morgan fingerprint density at radius 1 is 1.08 bits per heavy atom. The monoisotopic (exact) mass is 343 g/mol. The van der Waals surface area contributed by atoms with Gasteiger partial charge in [0.2, 0.25) is 10.0 Å². The Labute approximate surface area is 143 Å². The maximum absolute atomic E-state index is 13.1. The average molecular weight is 343 g/mol. The van der Waals surface area contributed by atoms with E-state index in [0.717, 1.165) is 11.1 Å². The lowest BCUT2D eigenvalue weighted by Gasteiger charge is -2.24. The largest absolute Gasteiger partial charge is 0.349 e. The van der Waals surface area contributed by atoms with Gasteiger partial charge in [0.1, 0.15) is 12.3 Å². The molecule has 0 radical (unpaired) electrons. The molecule has 4 nitrogen and oxygen atoms in total. The van der Waals surface area contributed by atoms with Crippen LogP contribution in [0.15, 0.2) is 72.1 Å². The predicted octanol–water partition coefficient (Wildman–Crippen LogP) is 3.66. The molecule has 0 aliphatic carbocycles. The second-order valence-corrected chi connectivity index (χ2v) is 7.83. The normalized spacial score (nSPS) is 24.8. The molecule has 3 rings (SSSR count). The third-order valence-electron chi connectivity index (χ3n) is 4.30. The zero-order valence-electron chi connectivity index (χ0n) is 13.8. The Balaban J connectivity index is 1.99. The second kappa shape index (κ2) is 6.51. The van der Waals surface area contributed by atoms with E-state index in [1.165, 1.54) is 10.4 Å². The molecular weight excluding hydrogens is 322 g/mol. The molecule has 0 amide bonds. The SMILES string of the molecule is C=C[C@@H]1O[C@H](c2ccccc2)[C@H](C)N1S(=O)(=O)c1ccc(C)cc1. The van der Waals surface area contributed by atoms with E-state index >= 15 is 0 Å². The average Bonchev–Trinajstić information content (AvgIpc) is 2.93. The van der Waals surface area contributed by atoms with Crippen LogP contribution in [0.4, 0.5) is 0 Å². The molecule has 24 heavy (non-hydrogen) atoms. The van der Waals surface area contributed by atoms with Crippen LogP contribution in [-0.2, 0) is 14.8 Å². The quantitative estimate of drug-likeness (QED) is 0.796. The molecule has 1 aliphatic heterocycles. The number of sulfonamides is 1. The first kappa shape index (κ1) is 16.9. The standard InChI is InChI=1S/C19H21NO3S/c1-4-18-20(24(21,22)17-12-10-14(2)11-13-17)15(3)19(23-18)16-8-6-5-7-9-16/h4-13,15,18-19H,1H2,2-3H3/t15-,18-,19-/m0/s1. The first-order valence-corrected chi connectivity index (χ1v) is 9.32. The number of rotatable bonds is 4. The molecular formula is C19H21NO3S. The summed E-state index contributed by atoms with van der Waals surface area (Å²) in [6, 6.07) is 16.2. The summed E-state index contributed by atoms with van der Waals surface area (Å²) in [5.74, 6) is 0. The van der Waals surface area contributed by atoms with Crippen molar-refractivity contribution in [1.29, 1.82) is 0 Å². The van der Waals surface area contributed by atoms with Crippen LogP contribution in [0.5, 0.6) is 0 Å². The van der Waals surface area contributed by atoms with Gasteiger partial charge in [-0.3, -0.25) is 0 Å². The van der Waals surface area contributed by atoms with Gasteiger partial charge in [-0.25, -0.2) is 8.42 Å². The van der Waals surface area contributed by atoms with Crippen LogP contribution in [0, 0.1) is 6.92 Å². The van der Waals surface area contributed by atoms with Crippen molar-refractivity contribution in [1.82, 2.24) is 4.31 Å². The van der Waals surface area contributed by atoms with Gasteiger partial charge in [-0.15, -0.1) is 0 Å². The third-order valence-corrected chi connectivity index (χ3v) is 6.27. The highest BCUT2D eigenvalue weighted by molar-refractivity contribution is 7.89. The molecule has 0 unspecified atom stereocenters. The van der Waals surface area contributed by atoms with Gasteiger partial charge in [0.15, 0.2) is 0 Å². The van der Waals surface area contributed by atoms with Crippen molar-refractivity contribution in [2.45, 2.75) is 37.1 Å². The Kier molecular flexibility index (Phi) is 4.58. The zero-order chi connectivity index (χ0) is 17.3. The lowest BCUT2D eigenvalue weighted by Crippen LogP contribution is -2.40. The van der Waals surface area contributed by atoms with Crippen LogP contribution in [0.2, 0.25) is 0 Å². The zero-order valence-corrected chi connectivity index (χ0v) is 14.6. The van der Waals surface area contributed by atoms with Gasteiger partial charge >= 0.3 is 0 Å². The fourth-order valence-corrected chi connectivity index (χ4v) is 4.72. The molecule has 0 saturated carbocycles. The number of hydrogen-bond acceptors (Lipinski definition) is 3. The molecule has 1 aliphatic rings. The van der Waals surface area contributed by atoms with E-state index in [2.05, 4.69) is 6.58 Å². The van der Waals surface area contributed by atoms with Crippen molar-refractivity contribution in [2.75, 3.05) is 0 Å². The maximum atomic E-state index is 13.1. The Morgan fingerprint density at radius 3 is 2.29 bits per heavy atom. The summed E-state index contributed by atoms with van der Waals surface area (Å²) in [5, 5.41) is 0. The number of aryl methyl sites for hydroxylation is 1. The Hall–Kier alpha value is -1.95. The van der Waals surface area contributed by atoms with Crippen molar-refractivity contribution in [3.63, 3.8) is 0 Å². The molecule has 3 atom stereocenters. The summed E-state index contributed by atoms with van der Waals surface area (Å²) in [7, 11) is -3.67. The molecule has 1 heterocycles. The predicted molar refractivity (Wildman–Crippen MR) is 93.9 cm³/mol. The fraction of sp³-hybridized carbons (Fsp3) is 0.263. The van der Waals surface area contributed by atoms with E-state index in [9.17, 15) is 8.42 Å². The van der Waals surface area contributed by atoms with E-state index in [1.807, 2.05) is 44.2 Å². The Bertz CT molecular complexity index is 815. The molecule has 1 saturated heterocycles. The summed E-state index contributed by atoms with van der Waals surface area (Å²) in [6.07, 6.45) is 0.525. The van der Waals surface area contributed by atoms with Gasteiger partial charge in [-0.05, 0) is 37.6 Å². The highest BCUT2D eigenvalue weighted by Crippen LogP contribution is 2.38. The minimum atomic E-state index is -3.67. The third kappa shape index (κ3) is 2.90. The first-order valence-electron chi connectivity index (χ1n) is 7.88. The fourth-order valence-electron chi connectivity index (χ4n) is 3.04. The molecule has 5 heteroatoms. The van der Waals surface area contributed by atoms with Gasteiger partial charge in [-0.2, -0.15) is 4.31 Å². The maximum Gasteiger partial charge on any atom is 0.245 e. The highest BCUT2D eigenvalue weighted by atomic mass is 32.2. The van der Waals surface area contributed by atoms with E-state index < -0.39 is 16.3 Å². The minimum absolute atomic E-state index is 0.268. The molecule has 0 bridgehead atoms. The van der Waals surface area contributed by atoms with Crippen LogP contribution in [0.3, 0.4) is 0 Å². The summed E-state index contributed by atoms with van der Waals surface area (Å²) in [4.78, 5) is 0.268. The number of ether oxygens (including phenoxy) is 1. The van der Waals surface area contributed by atoms with E-state index in [0.29, 0.717) is 0 Å². The minimum Gasteiger partial charge on any atom is -0.349 e. The molecule has 2 aromatic rings. The van der Waals surface area contributed by atoms with E-state index in [-0.39, 0.29) is 17.0 Å². The van der Waals surface area contributed by atoms with Crippen LogP contribution in [-0.4, -0.2) is 25.0 Å². The van der Waals surface area contributed by atoms with Crippen molar-refractivity contribution in [3.8, 4) is 0 Å². The van der Waals surface area contributed by atoms with Crippen LogP contribution < -0.4 is 0 Å². The second-order valence-electron chi connectivity index (χ2n) is 5.98. The molecule has 0 aromatic heterocycles. The van der Waals surface area contributed by atoms with E-state index in [1.54, 1.807) is 24.3 Å². The van der Waals surface area contributed by atoms with Gasteiger partial charge in [0, 0.05) is 0 Å².